The number of tetrazole rings is 1. The van der Waals surface area contributed by atoms with Crippen molar-refractivity contribution in [3.05, 3.63) is 69.2 Å². The van der Waals surface area contributed by atoms with Crippen molar-refractivity contribution in [1.82, 2.24) is 30.5 Å². The molecule has 0 saturated heterocycles. The van der Waals surface area contributed by atoms with E-state index in [1.54, 1.807) is 19.2 Å². The summed E-state index contributed by atoms with van der Waals surface area (Å²) in [5, 5.41) is 34.4. The van der Waals surface area contributed by atoms with Gasteiger partial charge in [-0.2, -0.15) is 13.2 Å². The minimum Gasteiger partial charge on any atom is -0.475 e. The number of carboxylic acid groups (broad SMARTS) is 1. The maximum atomic E-state index is 11.3. The fourth-order valence-electron chi connectivity index (χ4n) is 3.80. The molecule has 0 amide bonds. The second kappa shape index (κ2) is 12.6. The number of nitro groups is 1. The predicted molar refractivity (Wildman–Crippen MR) is 131 cm³/mol. The van der Waals surface area contributed by atoms with Gasteiger partial charge in [0.15, 0.2) is 5.82 Å². The molecule has 2 aromatic heterocycles. The highest BCUT2D eigenvalue weighted by Crippen LogP contribution is 2.34. The molecular weight excluding hydrogens is 523 g/mol. The summed E-state index contributed by atoms with van der Waals surface area (Å²) in [6.45, 7) is 6.12. The number of aryl methyl sites for hydroxylation is 1. The third kappa shape index (κ3) is 7.69. The van der Waals surface area contributed by atoms with E-state index in [1.807, 2.05) is 36.7 Å². The number of nitro benzene ring substituents is 1. The Bertz CT molecular complexity index is 1300. The Balaban J connectivity index is 0.000000532. The summed E-state index contributed by atoms with van der Waals surface area (Å²) in [6.07, 6.45) is -0.139. The third-order valence-corrected chi connectivity index (χ3v) is 5.88. The van der Waals surface area contributed by atoms with Crippen LogP contribution >= 0.6 is 0 Å². The van der Waals surface area contributed by atoms with Crippen LogP contribution in [-0.2, 0) is 11.3 Å². The first-order valence-electron chi connectivity index (χ1n) is 12.0. The van der Waals surface area contributed by atoms with Crippen LogP contribution in [-0.4, -0.2) is 53.5 Å². The van der Waals surface area contributed by atoms with Crippen molar-refractivity contribution in [2.45, 2.75) is 70.9 Å². The zero-order chi connectivity index (χ0) is 28.7. The largest absolute Gasteiger partial charge is 0.490 e. The van der Waals surface area contributed by atoms with E-state index in [9.17, 15) is 23.3 Å². The highest BCUT2D eigenvalue weighted by Gasteiger charge is 2.38. The molecule has 1 aliphatic carbocycles. The van der Waals surface area contributed by atoms with Gasteiger partial charge in [0.1, 0.15) is 0 Å². The first kappa shape index (κ1) is 29.4. The lowest BCUT2D eigenvalue weighted by Gasteiger charge is -2.28. The van der Waals surface area contributed by atoms with Gasteiger partial charge in [0.2, 0.25) is 5.88 Å². The van der Waals surface area contributed by atoms with Crippen molar-refractivity contribution in [2.75, 3.05) is 0 Å². The Kier molecular flexibility index (Phi) is 9.51. The van der Waals surface area contributed by atoms with Crippen molar-refractivity contribution in [3.63, 3.8) is 0 Å². The number of nitrogens with zero attached hydrogens (tertiary/aromatic N) is 6. The zero-order valence-corrected chi connectivity index (χ0v) is 21.4. The van der Waals surface area contributed by atoms with Gasteiger partial charge in [-0.15, -0.1) is 5.10 Å². The maximum absolute atomic E-state index is 11.3. The molecule has 3 aromatic rings. The Morgan fingerprint density at radius 3 is 2.54 bits per heavy atom. The highest BCUT2D eigenvalue weighted by molar-refractivity contribution is 5.73. The van der Waals surface area contributed by atoms with Crippen LogP contribution in [0.4, 0.5) is 18.9 Å². The van der Waals surface area contributed by atoms with E-state index in [2.05, 4.69) is 25.8 Å². The quantitative estimate of drug-likeness (QED) is 0.290. The third-order valence-electron chi connectivity index (χ3n) is 5.88. The molecule has 39 heavy (non-hydrogen) atoms. The molecule has 2 N–H and O–H groups in total. The van der Waals surface area contributed by atoms with Gasteiger partial charge in [0.05, 0.1) is 23.1 Å². The molecule has 4 rings (SSSR count). The molecule has 1 aromatic carbocycles. The minimum absolute atomic E-state index is 0.00249. The number of aromatic nitrogens is 5. The molecule has 1 unspecified atom stereocenters. The van der Waals surface area contributed by atoms with Crippen molar-refractivity contribution in [1.29, 1.82) is 0 Å². The van der Waals surface area contributed by atoms with E-state index in [1.165, 1.54) is 6.07 Å². The Morgan fingerprint density at radius 2 is 2.00 bits per heavy atom. The number of carboxylic acids is 1. The topological polar surface area (TPSA) is 158 Å². The lowest BCUT2D eigenvalue weighted by Crippen LogP contribution is -2.29. The van der Waals surface area contributed by atoms with Crippen molar-refractivity contribution < 1.29 is 32.7 Å². The molecule has 0 radical (unpaired) electrons. The first-order valence-corrected chi connectivity index (χ1v) is 12.0. The lowest BCUT2D eigenvalue weighted by molar-refractivity contribution is -0.385. The van der Waals surface area contributed by atoms with E-state index < -0.39 is 12.1 Å². The fraction of sp³-hybridized carbons (Fsp3) is 0.458. The number of hydrogen-bond donors (Lipinski definition) is 2. The fourth-order valence-corrected chi connectivity index (χ4v) is 3.80. The van der Waals surface area contributed by atoms with E-state index in [0.717, 1.165) is 30.4 Å². The van der Waals surface area contributed by atoms with E-state index in [0.29, 0.717) is 23.8 Å². The van der Waals surface area contributed by atoms with Gasteiger partial charge >= 0.3 is 12.1 Å². The monoisotopic (exact) mass is 551 g/mol. The number of rotatable bonds is 9. The number of ether oxygens (including phenoxy) is 1. The molecule has 0 aliphatic heterocycles. The molecule has 1 saturated carbocycles. The normalized spacial score (nSPS) is 14.2. The molecule has 15 heteroatoms. The van der Waals surface area contributed by atoms with Gasteiger partial charge in [-0.1, -0.05) is 12.1 Å². The SMILES string of the molecule is Cc1cc(C(NCc2cccnc2OC(C)C)c2nnnn2C2CCC2)ccc1[N+](=O)[O-].O=C(O)C(F)(F)F. The van der Waals surface area contributed by atoms with Crippen LogP contribution in [0.15, 0.2) is 36.5 Å². The second-order valence-corrected chi connectivity index (χ2v) is 9.12. The number of halogens is 3. The van der Waals surface area contributed by atoms with Crippen LogP contribution in [0.25, 0.3) is 0 Å². The van der Waals surface area contributed by atoms with Crippen LogP contribution in [0.1, 0.15) is 67.7 Å². The number of pyridine rings is 1. The number of alkyl halides is 3. The van der Waals surface area contributed by atoms with Gasteiger partial charge < -0.3 is 9.84 Å². The Hall–Kier alpha value is -4.14. The summed E-state index contributed by atoms with van der Waals surface area (Å²) in [7, 11) is 0. The van der Waals surface area contributed by atoms with Crippen LogP contribution in [0, 0.1) is 17.0 Å². The maximum Gasteiger partial charge on any atom is 0.490 e. The smallest absolute Gasteiger partial charge is 0.475 e. The molecule has 0 bridgehead atoms. The van der Waals surface area contributed by atoms with Gasteiger partial charge in [-0.25, -0.2) is 14.5 Å². The van der Waals surface area contributed by atoms with Gasteiger partial charge in [-0.3, -0.25) is 15.4 Å². The summed E-state index contributed by atoms with van der Waals surface area (Å²) in [5.41, 5.74) is 2.45. The standard InChI is InChI=1S/C22H27N7O3.C2HF3O2/c1-14(2)32-22-17(6-5-11-23-22)13-24-20(16-9-10-19(29(30)31)15(3)12-16)21-25-26-27-28(21)18-7-4-8-18;3-2(4,5)1(6)7/h5-6,9-12,14,18,20,24H,4,7-8,13H2,1-3H3;(H,6,7). The number of carbonyl (C=O) groups is 1. The molecule has 0 spiro atoms. The minimum atomic E-state index is -5.08. The van der Waals surface area contributed by atoms with Gasteiger partial charge in [-0.05, 0) is 68.2 Å². The van der Waals surface area contributed by atoms with Crippen molar-refractivity contribution in [3.8, 4) is 5.88 Å². The van der Waals surface area contributed by atoms with Crippen LogP contribution < -0.4 is 10.1 Å². The van der Waals surface area contributed by atoms with E-state index in [4.69, 9.17) is 14.6 Å². The van der Waals surface area contributed by atoms with Crippen LogP contribution in [0.3, 0.4) is 0 Å². The summed E-state index contributed by atoms with van der Waals surface area (Å²) in [5.74, 6) is -1.49. The lowest BCUT2D eigenvalue weighted by atomic mass is 9.92. The average molecular weight is 552 g/mol. The average Bonchev–Trinajstić information content (AvgIpc) is 3.27. The Labute approximate surface area is 221 Å². The summed E-state index contributed by atoms with van der Waals surface area (Å²) in [4.78, 5) is 24.2. The number of aliphatic carboxylic acids is 1. The molecule has 210 valence electrons. The second-order valence-electron chi connectivity index (χ2n) is 9.12. The first-order chi connectivity index (χ1) is 18.4. The van der Waals surface area contributed by atoms with E-state index in [-0.39, 0.29) is 28.8 Å². The highest BCUT2D eigenvalue weighted by atomic mass is 19.4. The van der Waals surface area contributed by atoms with E-state index >= 15 is 0 Å². The van der Waals surface area contributed by atoms with Crippen molar-refractivity contribution in [2.24, 2.45) is 0 Å². The summed E-state index contributed by atoms with van der Waals surface area (Å²) >= 11 is 0. The van der Waals surface area contributed by atoms with Gasteiger partial charge in [0.25, 0.3) is 5.69 Å². The number of nitrogens with one attached hydrogen (secondary N) is 1. The van der Waals surface area contributed by atoms with Crippen molar-refractivity contribution >= 4 is 11.7 Å². The van der Waals surface area contributed by atoms with Gasteiger partial charge in [0, 0.05) is 29.9 Å². The molecule has 1 atom stereocenters. The number of benzene rings is 1. The molecule has 12 nitrogen and oxygen atoms in total. The van der Waals surface area contributed by atoms with Crippen LogP contribution in [0.2, 0.25) is 0 Å². The summed E-state index contributed by atoms with van der Waals surface area (Å²) in [6, 6.07) is 8.88. The predicted octanol–water partition coefficient (Wildman–Crippen LogP) is 4.31. The molecule has 1 fully saturated rings. The molecular formula is C24H28F3N7O5. The molecule has 2 heterocycles. The summed E-state index contributed by atoms with van der Waals surface area (Å²) < 4.78 is 39.5. The Morgan fingerprint density at radius 1 is 1.31 bits per heavy atom. The van der Waals surface area contributed by atoms with Crippen LogP contribution in [0.5, 0.6) is 5.88 Å². The zero-order valence-electron chi connectivity index (χ0n) is 21.4. The number of hydrogen-bond acceptors (Lipinski definition) is 9. The molecule has 1 aliphatic rings.